The fourth-order valence-electron chi connectivity index (χ4n) is 2.88. The first-order chi connectivity index (χ1) is 12.8. The van der Waals surface area contributed by atoms with Gasteiger partial charge in [-0.2, -0.15) is 0 Å². The molecule has 0 aliphatic rings. The van der Waals surface area contributed by atoms with Crippen molar-refractivity contribution in [1.29, 1.82) is 0 Å². The van der Waals surface area contributed by atoms with Gasteiger partial charge in [0.2, 0.25) is 0 Å². The second-order valence-corrected chi connectivity index (χ2v) is 7.23. The molecule has 4 nitrogen and oxygen atoms in total. The fraction of sp³-hybridized carbons (Fsp3) is 0.348. The van der Waals surface area contributed by atoms with Gasteiger partial charge in [-0.15, -0.1) is 0 Å². The normalized spacial score (nSPS) is 13.6. The highest BCUT2D eigenvalue weighted by Gasteiger charge is 2.16. The lowest BCUT2D eigenvalue weighted by atomic mass is 9.93. The van der Waals surface area contributed by atoms with Crippen molar-refractivity contribution >= 4 is 5.78 Å². The van der Waals surface area contributed by atoms with Gasteiger partial charge in [0.15, 0.2) is 5.78 Å². The molecule has 0 amide bonds. The number of hydrogen-bond donors (Lipinski definition) is 2. The zero-order chi connectivity index (χ0) is 20.0. The highest BCUT2D eigenvalue weighted by molar-refractivity contribution is 5.99. The third kappa shape index (κ3) is 6.17. The zero-order valence-corrected chi connectivity index (χ0v) is 16.5. The molecule has 4 heteroatoms. The number of carbonyl (C=O) groups is 1. The van der Waals surface area contributed by atoms with Crippen LogP contribution in [-0.4, -0.2) is 16.0 Å². The van der Waals surface area contributed by atoms with Gasteiger partial charge in [-0.3, -0.25) is 4.79 Å². The van der Waals surface area contributed by atoms with Crippen LogP contribution >= 0.6 is 0 Å². The largest absolute Gasteiger partial charge is 0.508 e. The number of phenolic OH excluding ortho intramolecular Hbond substituents is 2. The molecule has 0 radical (unpaired) electrons. The molecule has 2 rings (SSSR count). The Morgan fingerprint density at radius 3 is 2.56 bits per heavy atom. The van der Waals surface area contributed by atoms with Crippen molar-refractivity contribution in [2.75, 3.05) is 0 Å². The summed E-state index contributed by atoms with van der Waals surface area (Å²) in [6, 6.07) is 6.11. The Balaban J connectivity index is 1.90. The molecule has 2 aromatic rings. The molecule has 1 atom stereocenters. The van der Waals surface area contributed by atoms with Crippen LogP contribution in [0.25, 0.3) is 0 Å². The summed E-state index contributed by atoms with van der Waals surface area (Å²) in [4.78, 5) is 12.4. The molecule has 1 heterocycles. The van der Waals surface area contributed by atoms with Crippen LogP contribution in [-0.2, 0) is 6.42 Å². The number of ketones is 1. The first-order valence-corrected chi connectivity index (χ1v) is 9.17. The Morgan fingerprint density at radius 2 is 1.93 bits per heavy atom. The number of allylic oxidation sites excluding steroid dienone is 4. The van der Waals surface area contributed by atoms with Gasteiger partial charge in [0.05, 0.1) is 11.8 Å². The van der Waals surface area contributed by atoms with Crippen molar-refractivity contribution in [3.05, 3.63) is 70.7 Å². The van der Waals surface area contributed by atoms with Gasteiger partial charge in [0.25, 0.3) is 0 Å². The lowest BCUT2D eigenvalue weighted by Gasteiger charge is -2.12. The maximum absolute atomic E-state index is 12.4. The van der Waals surface area contributed by atoms with Crippen molar-refractivity contribution in [3.63, 3.8) is 0 Å². The number of carbonyl (C=O) groups excluding carboxylic acids is 1. The second-order valence-electron chi connectivity index (χ2n) is 7.23. The summed E-state index contributed by atoms with van der Waals surface area (Å²) in [6.45, 7) is 8.12. The molecule has 0 saturated carbocycles. The maximum atomic E-state index is 12.4. The summed E-state index contributed by atoms with van der Waals surface area (Å²) in [5, 5.41) is 19.2. The number of phenols is 2. The number of Topliss-reactive ketones (excluding diaryl/α,β-unsaturated/α-hetero) is 1. The molecule has 27 heavy (non-hydrogen) atoms. The van der Waals surface area contributed by atoms with Gasteiger partial charge in [-0.25, -0.2) is 0 Å². The van der Waals surface area contributed by atoms with Crippen LogP contribution in [0.2, 0.25) is 0 Å². The van der Waals surface area contributed by atoms with Crippen molar-refractivity contribution in [2.24, 2.45) is 5.92 Å². The van der Waals surface area contributed by atoms with E-state index in [4.69, 9.17) is 4.42 Å². The van der Waals surface area contributed by atoms with Crippen molar-refractivity contribution in [1.82, 2.24) is 0 Å². The van der Waals surface area contributed by atoms with Crippen LogP contribution in [0, 0.1) is 12.8 Å². The van der Waals surface area contributed by atoms with E-state index in [1.807, 2.05) is 26.8 Å². The van der Waals surface area contributed by atoms with Crippen LogP contribution in [0.15, 0.2) is 58.2 Å². The number of rotatable bonds is 8. The van der Waals surface area contributed by atoms with E-state index in [2.05, 4.69) is 19.1 Å². The summed E-state index contributed by atoms with van der Waals surface area (Å²) in [6.07, 6.45) is 7.98. The molecule has 144 valence electrons. The Hall–Kier alpha value is -2.75. The molecule has 1 aromatic heterocycles. The highest BCUT2D eigenvalue weighted by Crippen LogP contribution is 2.26. The Morgan fingerprint density at radius 1 is 1.19 bits per heavy atom. The highest BCUT2D eigenvalue weighted by atomic mass is 16.3. The summed E-state index contributed by atoms with van der Waals surface area (Å²) in [7, 11) is 0. The van der Waals surface area contributed by atoms with Crippen molar-refractivity contribution in [3.8, 4) is 11.5 Å². The molecule has 2 N–H and O–H groups in total. The topological polar surface area (TPSA) is 70.7 Å². The monoisotopic (exact) mass is 368 g/mol. The van der Waals surface area contributed by atoms with Gasteiger partial charge in [0, 0.05) is 18.9 Å². The third-order valence-electron chi connectivity index (χ3n) is 4.69. The standard InChI is InChI=1S/C23H28O4/c1-15(10-20-11-16(2)14-27-20)6-5-7-17(3)18(4)12-22(25)21-9-8-19(24)13-23(21)26/h6-9,11,13-14,18,24,26H,5,10,12H2,1-4H3. The van der Waals surface area contributed by atoms with E-state index in [1.54, 1.807) is 6.26 Å². The van der Waals surface area contributed by atoms with Gasteiger partial charge in [-0.05, 0) is 56.9 Å². The van der Waals surface area contributed by atoms with Gasteiger partial charge >= 0.3 is 0 Å². The Kier molecular flexibility index (Phi) is 7.05. The van der Waals surface area contributed by atoms with Crippen LogP contribution in [0.1, 0.15) is 55.3 Å². The summed E-state index contributed by atoms with van der Waals surface area (Å²) in [5.41, 5.74) is 3.76. The number of benzene rings is 1. The van der Waals surface area contributed by atoms with E-state index in [9.17, 15) is 15.0 Å². The van der Waals surface area contributed by atoms with E-state index in [-0.39, 0.29) is 28.8 Å². The zero-order valence-electron chi connectivity index (χ0n) is 16.5. The first kappa shape index (κ1) is 20.6. The van der Waals surface area contributed by atoms with E-state index >= 15 is 0 Å². The fourth-order valence-corrected chi connectivity index (χ4v) is 2.88. The van der Waals surface area contributed by atoms with E-state index < -0.39 is 0 Å². The summed E-state index contributed by atoms with van der Waals surface area (Å²) >= 11 is 0. The number of aromatic hydroxyl groups is 2. The molecule has 1 unspecified atom stereocenters. The number of hydrogen-bond acceptors (Lipinski definition) is 4. The predicted molar refractivity (Wildman–Crippen MR) is 107 cm³/mol. The molecule has 0 aliphatic carbocycles. The predicted octanol–water partition coefficient (Wildman–Crippen LogP) is 5.73. The van der Waals surface area contributed by atoms with Crippen LogP contribution in [0.3, 0.4) is 0 Å². The van der Waals surface area contributed by atoms with Gasteiger partial charge in [-0.1, -0.05) is 30.2 Å². The van der Waals surface area contributed by atoms with Gasteiger partial charge in [0.1, 0.15) is 17.3 Å². The van der Waals surface area contributed by atoms with E-state index in [0.717, 1.165) is 29.7 Å². The average Bonchev–Trinajstić information content (AvgIpc) is 2.99. The van der Waals surface area contributed by atoms with Gasteiger partial charge < -0.3 is 14.6 Å². The Bertz CT molecular complexity index is 855. The minimum absolute atomic E-state index is 0.0555. The summed E-state index contributed by atoms with van der Waals surface area (Å²) in [5.74, 6) is 0.676. The van der Waals surface area contributed by atoms with E-state index in [0.29, 0.717) is 6.42 Å². The molecule has 0 fully saturated rings. The third-order valence-corrected chi connectivity index (χ3v) is 4.69. The maximum Gasteiger partial charge on any atom is 0.167 e. The van der Waals surface area contributed by atoms with Crippen LogP contribution < -0.4 is 0 Å². The second kappa shape index (κ2) is 9.26. The molecule has 1 aromatic carbocycles. The molecule has 0 saturated heterocycles. The van der Waals surface area contributed by atoms with Crippen molar-refractivity contribution < 1.29 is 19.4 Å². The van der Waals surface area contributed by atoms with Crippen molar-refractivity contribution in [2.45, 2.75) is 47.0 Å². The number of furan rings is 1. The summed E-state index contributed by atoms with van der Waals surface area (Å²) < 4.78 is 5.47. The lowest BCUT2D eigenvalue weighted by molar-refractivity contribution is 0.0967. The van der Waals surface area contributed by atoms with Crippen LogP contribution in [0.5, 0.6) is 11.5 Å². The first-order valence-electron chi connectivity index (χ1n) is 9.17. The molecule has 0 bridgehead atoms. The molecular weight excluding hydrogens is 340 g/mol. The average molecular weight is 368 g/mol. The number of aryl methyl sites for hydroxylation is 1. The molecule has 0 spiro atoms. The molecular formula is C23H28O4. The van der Waals surface area contributed by atoms with Crippen LogP contribution in [0.4, 0.5) is 0 Å². The smallest absolute Gasteiger partial charge is 0.167 e. The minimum atomic E-state index is -0.180. The SMILES string of the molecule is CC(=CCC=C(C)C(C)CC(=O)c1ccc(O)cc1O)Cc1cc(C)co1. The minimum Gasteiger partial charge on any atom is -0.508 e. The van der Waals surface area contributed by atoms with E-state index in [1.165, 1.54) is 23.8 Å². The molecule has 0 aliphatic heterocycles. The lowest BCUT2D eigenvalue weighted by Crippen LogP contribution is -2.07. The quantitative estimate of drug-likeness (QED) is 0.461. The Labute approximate surface area is 160 Å².